The highest BCUT2D eigenvalue weighted by Gasteiger charge is 2.29. The third-order valence-electron chi connectivity index (χ3n) is 5.52. The molecule has 0 amide bonds. The maximum absolute atomic E-state index is 11.1. The van der Waals surface area contributed by atoms with Gasteiger partial charge in [0.15, 0.2) is 11.5 Å². The molecule has 10 nitrogen and oxygen atoms in total. The predicted octanol–water partition coefficient (Wildman–Crippen LogP) is 2.96. The molecule has 0 radical (unpaired) electrons. The highest BCUT2D eigenvalue weighted by Crippen LogP contribution is 2.38. The molecule has 2 aromatic carbocycles. The van der Waals surface area contributed by atoms with Crippen molar-refractivity contribution in [3.8, 4) is 11.5 Å². The Morgan fingerprint density at radius 3 is 2.52 bits per heavy atom. The van der Waals surface area contributed by atoms with Crippen molar-refractivity contribution < 1.29 is 14.4 Å². The minimum Gasteiger partial charge on any atom is -0.454 e. The third-order valence-corrected chi connectivity index (χ3v) is 5.52. The van der Waals surface area contributed by atoms with E-state index >= 15 is 0 Å². The summed E-state index contributed by atoms with van der Waals surface area (Å²) in [4.78, 5) is 15.2. The molecule has 2 aliphatic rings. The highest BCUT2D eigenvalue weighted by atomic mass is 16.7. The van der Waals surface area contributed by atoms with Crippen molar-refractivity contribution in [2.24, 2.45) is 12.1 Å². The number of nitro groups is 1. The molecule has 0 saturated carbocycles. The van der Waals surface area contributed by atoms with Gasteiger partial charge in [-0.1, -0.05) is 0 Å². The molecule has 1 atom stereocenters. The van der Waals surface area contributed by atoms with Crippen LogP contribution in [0.5, 0.6) is 11.5 Å². The van der Waals surface area contributed by atoms with Gasteiger partial charge in [-0.15, -0.1) is 5.10 Å². The molecule has 3 heterocycles. The molecule has 0 fully saturated rings. The van der Waals surface area contributed by atoms with E-state index in [0.717, 1.165) is 22.5 Å². The van der Waals surface area contributed by atoms with Crippen LogP contribution in [0.25, 0.3) is 0 Å². The minimum absolute atomic E-state index is 0.0242. The maximum atomic E-state index is 11.1. The Balaban J connectivity index is 1.69. The lowest BCUT2D eigenvalue weighted by Crippen LogP contribution is -2.30. The van der Waals surface area contributed by atoms with Gasteiger partial charge < -0.3 is 9.47 Å². The number of rotatable bonds is 3. The summed E-state index contributed by atoms with van der Waals surface area (Å²) in [5.41, 5.74) is 3.37. The molecule has 0 saturated heterocycles. The maximum Gasteiger partial charge on any atom is 0.269 e. The second kappa shape index (κ2) is 7.08. The number of aromatic nitrogens is 3. The average molecular weight is 420 g/mol. The summed E-state index contributed by atoms with van der Waals surface area (Å²) in [7, 11) is 1.84. The second-order valence-electron chi connectivity index (χ2n) is 7.60. The number of nitro benzene ring substituents is 1. The molecule has 0 spiro atoms. The van der Waals surface area contributed by atoms with Crippen LogP contribution in [0, 0.1) is 17.0 Å². The standard InChI is InChI=1S/C21H20N6O4/c1-12-8-15-9-18-19(31-11-30-18)10-17(15)20(14-4-6-16(7-5-14)27(28)29)23-26(12)21-22-13(2)25(3)24-21/h4-7,9-10,12H,8,11H2,1-3H3. The van der Waals surface area contributed by atoms with Crippen LogP contribution in [0.2, 0.25) is 0 Å². The molecule has 31 heavy (non-hydrogen) atoms. The van der Waals surface area contributed by atoms with E-state index in [1.165, 1.54) is 12.1 Å². The van der Waals surface area contributed by atoms with E-state index in [1.807, 2.05) is 26.1 Å². The largest absolute Gasteiger partial charge is 0.454 e. The van der Waals surface area contributed by atoms with E-state index in [2.05, 4.69) is 17.0 Å². The van der Waals surface area contributed by atoms with Crippen LogP contribution in [-0.2, 0) is 13.5 Å². The van der Waals surface area contributed by atoms with E-state index in [0.29, 0.717) is 29.6 Å². The smallest absolute Gasteiger partial charge is 0.269 e. The van der Waals surface area contributed by atoms with E-state index < -0.39 is 4.92 Å². The molecule has 0 aliphatic carbocycles. The van der Waals surface area contributed by atoms with Crippen molar-refractivity contribution in [1.82, 2.24) is 14.8 Å². The van der Waals surface area contributed by atoms with Crippen molar-refractivity contribution in [2.75, 3.05) is 11.8 Å². The quantitative estimate of drug-likeness (QED) is 0.473. The van der Waals surface area contributed by atoms with E-state index in [-0.39, 0.29) is 18.5 Å². The van der Waals surface area contributed by atoms with Gasteiger partial charge in [-0.25, -0.2) is 5.01 Å². The number of fused-ring (bicyclic) bond motifs is 2. The minimum atomic E-state index is -0.417. The Morgan fingerprint density at radius 2 is 1.87 bits per heavy atom. The predicted molar refractivity (Wildman–Crippen MR) is 113 cm³/mol. The zero-order valence-electron chi connectivity index (χ0n) is 17.3. The lowest BCUT2D eigenvalue weighted by Gasteiger charge is -2.21. The van der Waals surface area contributed by atoms with Crippen molar-refractivity contribution in [3.63, 3.8) is 0 Å². The first-order chi connectivity index (χ1) is 14.9. The van der Waals surface area contributed by atoms with E-state index in [1.54, 1.807) is 21.8 Å². The fraction of sp³-hybridized carbons (Fsp3) is 0.286. The Morgan fingerprint density at radius 1 is 1.16 bits per heavy atom. The topological polar surface area (TPSA) is 108 Å². The molecule has 1 unspecified atom stereocenters. The summed E-state index contributed by atoms with van der Waals surface area (Å²) in [5.74, 6) is 2.63. The van der Waals surface area contributed by atoms with E-state index in [9.17, 15) is 10.1 Å². The van der Waals surface area contributed by atoms with Gasteiger partial charge in [-0.3, -0.25) is 14.8 Å². The van der Waals surface area contributed by atoms with Gasteiger partial charge in [0.05, 0.1) is 16.7 Å². The Kier molecular flexibility index (Phi) is 4.35. The zero-order valence-corrected chi connectivity index (χ0v) is 17.3. The number of benzene rings is 2. The molecule has 5 rings (SSSR count). The molecule has 2 aliphatic heterocycles. The molecular weight excluding hydrogens is 400 g/mol. The zero-order chi connectivity index (χ0) is 21.7. The normalized spacial score (nSPS) is 17.2. The fourth-order valence-electron chi connectivity index (χ4n) is 3.78. The summed E-state index contributed by atoms with van der Waals surface area (Å²) in [6.07, 6.45) is 0.684. The first-order valence-corrected chi connectivity index (χ1v) is 9.84. The van der Waals surface area contributed by atoms with Crippen LogP contribution in [0.4, 0.5) is 11.6 Å². The monoisotopic (exact) mass is 420 g/mol. The molecule has 0 bridgehead atoms. The van der Waals surface area contributed by atoms with Crippen molar-refractivity contribution in [1.29, 1.82) is 0 Å². The fourth-order valence-corrected chi connectivity index (χ4v) is 3.78. The van der Waals surface area contributed by atoms with Crippen LogP contribution in [0.3, 0.4) is 0 Å². The number of ether oxygens (including phenoxy) is 2. The SMILES string of the molecule is Cc1nc(N2N=C(c3ccc([N+](=O)[O-])cc3)c3cc4c(cc3CC2C)OCO4)nn1C. The van der Waals surface area contributed by atoms with Crippen LogP contribution < -0.4 is 14.5 Å². The van der Waals surface area contributed by atoms with Crippen LogP contribution >= 0.6 is 0 Å². The Bertz CT molecular complexity index is 1200. The summed E-state index contributed by atoms with van der Waals surface area (Å²) in [5, 5.41) is 22.3. The van der Waals surface area contributed by atoms with Gasteiger partial charge in [0.1, 0.15) is 5.82 Å². The van der Waals surface area contributed by atoms with Crippen molar-refractivity contribution in [2.45, 2.75) is 26.3 Å². The highest BCUT2D eigenvalue weighted by molar-refractivity contribution is 6.14. The number of hydrazone groups is 1. The van der Waals surface area contributed by atoms with Crippen molar-refractivity contribution in [3.05, 3.63) is 69.0 Å². The third kappa shape index (κ3) is 3.25. The van der Waals surface area contributed by atoms with Crippen LogP contribution in [0.15, 0.2) is 41.5 Å². The number of non-ortho nitro benzene ring substituents is 1. The summed E-state index contributed by atoms with van der Waals surface area (Å²) in [6, 6.07) is 10.2. The summed E-state index contributed by atoms with van der Waals surface area (Å²) in [6.45, 7) is 4.12. The number of anilines is 1. The first-order valence-electron chi connectivity index (χ1n) is 9.84. The number of hydrogen-bond acceptors (Lipinski definition) is 8. The van der Waals surface area contributed by atoms with Gasteiger partial charge >= 0.3 is 0 Å². The van der Waals surface area contributed by atoms with Crippen molar-refractivity contribution >= 4 is 17.3 Å². The van der Waals surface area contributed by atoms with Crippen LogP contribution in [0.1, 0.15) is 29.4 Å². The Labute approximate surface area is 177 Å². The van der Waals surface area contributed by atoms with Gasteiger partial charge in [-0.2, -0.15) is 10.1 Å². The second-order valence-corrected chi connectivity index (χ2v) is 7.60. The van der Waals surface area contributed by atoms with E-state index in [4.69, 9.17) is 14.6 Å². The van der Waals surface area contributed by atoms with Gasteiger partial charge in [-0.05, 0) is 50.1 Å². The number of aryl methyl sites for hydroxylation is 2. The molecule has 158 valence electrons. The summed E-state index contributed by atoms with van der Waals surface area (Å²) < 4.78 is 12.9. The molecule has 0 N–H and O–H groups in total. The Hall–Kier alpha value is -3.95. The van der Waals surface area contributed by atoms with Gasteiger partial charge in [0, 0.05) is 30.3 Å². The summed E-state index contributed by atoms with van der Waals surface area (Å²) >= 11 is 0. The van der Waals surface area contributed by atoms with Gasteiger partial charge in [0.25, 0.3) is 11.6 Å². The average Bonchev–Trinajstić information content (AvgIpc) is 3.30. The lowest BCUT2D eigenvalue weighted by molar-refractivity contribution is -0.384. The number of nitrogens with zero attached hydrogens (tertiary/aromatic N) is 6. The first kappa shape index (κ1) is 19.0. The molecular formula is C21H20N6O4. The molecule has 10 heteroatoms. The van der Waals surface area contributed by atoms with Crippen LogP contribution in [-0.4, -0.2) is 38.2 Å². The lowest BCUT2D eigenvalue weighted by atomic mass is 9.94. The number of hydrogen-bond donors (Lipinski definition) is 0. The molecule has 3 aromatic rings. The van der Waals surface area contributed by atoms with Gasteiger partial charge in [0.2, 0.25) is 6.79 Å². The molecule has 1 aromatic heterocycles.